The van der Waals surface area contributed by atoms with E-state index in [2.05, 4.69) is 75.5 Å². The van der Waals surface area contributed by atoms with E-state index in [-0.39, 0.29) is 11.3 Å². The van der Waals surface area contributed by atoms with Crippen LogP contribution in [0.2, 0.25) is 0 Å². The Hall–Kier alpha value is -3.90. The molecular formula is C28H35N7O. The number of piperidine rings is 2. The molecule has 3 N–H and O–H groups in total. The van der Waals surface area contributed by atoms with Crippen LogP contribution in [0.1, 0.15) is 36.5 Å². The van der Waals surface area contributed by atoms with E-state index in [4.69, 9.17) is 16.4 Å². The lowest BCUT2D eigenvalue weighted by Crippen LogP contribution is -2.61. The summed E-state index contributed by atoms with van der Waals surface area (Å²) in [6.07, 6.45) is 3.54. The van der Waals surface area contributed by atoms with Crippen molar-refractivity contribution in [3.05, 3.63) is 77.2 Å². The Morgan fingerprint density at radius 2 is 1.78 bits per heavy atom. The number of benzene rings is 1. The first-order valence-corrected chi connectivity index (χ1v) is 12.0. The van der Waals surface area contributed by atoms with E-state index in [9.17, 15) is 4.79 Å². The summed E-state index contributed by atoms with van der Waals surface area (Å²) in [6.45, 7) is 18.0. The van der Waals surface area contributed by atoms with E-state index < -0.39 is 0 Å². The molecule has 4 aliphatic rings. The Morgan fingerprint density at radius 1 is 1.19 bits per heavy atom. The number of fused-ring (bicyclic) bond motifs is 1. The predicted octanol–water partition coefficient (Wildman–Crippen LogP) is 3.29. The molecule has 4 fully saturated rings. The van der Waals surface area contributed by atoms with Crippen molar-refractivity contribution in [3.8, 4) is 0 Å². The molecule has 0 saturated carbocycles. The quantitative estimate of drug-likeness (QED) is 0.166. The summed E-state index contributed by atoms with van der Waals surface area (Å²) in [7, 11) is 0. The largest absolute Gasteiger partial charge is 0.398 e. The van der Waals surface area contributed by atoms with Gasteiger partial charge in [-0.25, -0.2) is 5.43 Å². The summed E-state index contributed by atoms with van der Waals surface area (Å²) in [5.41, 5.74) is 30.1. The molecule has 4 saturated heterocycles. The summed E-state index contributed by atoms with van der Waals surface area (Å²) in [5.74, 6) is 0.207. The molecule has 0 aliphatic carbocycles. The molecule has 1 aromatic carbocycles. The third-order valence-electron chi connectivity index (χ3n) is 6.47. The smallest absolute Gasteiger partial charge is 0.273 e. The number of rotatable bonds is 5. The zero-order valence-corrected chi connectivity index (χ0v) is 21.1. The number of hydrazone groups is 1. The fraction of sp³-hybridized carbons (Fsp3) is 0.429. The summed E-state index contributed by atoms with van der Waals surface area (Å²) >= 11 is 0. The Morgan fingerprint density at radius 3 is 2.31 bits per heavy atom. The number of carbonyl (C=O) groups excluding carboxylic acids is 1. The van der Waals surface area contributed by atoms with Crippen LogP contribution in [0.15, 0.2) is 71.2 Å². The number of para-hydroxylation sites is 1. The maximum absolute atomic E-state index is 12.6. The van der Waals surface area contributed by atoms with Crippen molar-refractivity contribution in [2.45, 2.75) is 26.2 Å². The van der Waals surface area contributed by atoms with Gasteiger partial charge in [-0.15, -0.1) is 0 Å². The van der Waals surface area contributed by atoms with Gasteiger partial charge in [0.15, 0.2) is 0 Å². The van der Waals surface area contributed by atoms with Crippen LogP contribution in [0.5, 0.6) is 0 Å². The summed E-state index contributed by atoms with van der Waals surface area (Å²) in [4.78, 5) is 20.0. The van der Waals surface area contributed by atoms with Crippen molar-refractivity contribution in [1.29, 1.82) is 0 Å². The molecule has 2 atom stereocenters. The second-order valence-corrected chi connectivity index (χ2v) is 8.95. The van der Waals surface area contributed by atoms with Gasteiger partial charge in [-0.3, -0.25) is 4.79 Å². The highest BCUT2D eigenvalue weighted by molar-refractivity contribution is 6.01. The molecule has 0 spiro atoms. The average Bonchev–Trinajstić information content (AvgIpc) is 3.11. The number of anilines is 1. The van der Waals surface area contributed by atoms with E-state index >= 15 is 0 Å². The van der Waals surface area contributed by atoms with Gasteiger partial charge in [0.2, 0.25) is 6.72 Å². The fourth-order valence-electron chi connectivity index (χ4n) is 5.11. The third kappa shape index (κ3) is 7.55. The van der Waals surface area contributed by atoms with Crippen LogP contribution < -0.4 is 11.2 Å². The lowest BCUT2D eigenvalue weighted by atomic mass is 9.68. The monoisotopic (exact) mass is 485 g/mol. The third-order valence-corrected chi connectivity index (χ3v) is 6.47. The molecular weight excluding hydrogens is 450 g/mol. The van der Waals surface area contributed by atoms with Crippen LogP contribution in [-0.4, -0.2) is 72.2 Å². The van der Waals surface area contributed by atoms with E-state index in [1.807, 2.05) is 12.1 Å². The lowest BCUT2D eigenvalue weighted by molar-refractivity contribution is 0.0110. The minimum atomic E-state index is -0.214. The molecule has 0 aromatic heterocycles. The van der Waals surface area contributed by atoms with E-state index in [0.29, 0.717) is 17.2 Å². The van der Waals surface area contributed by atoms with Gasteiger partial charge in [0.05, 0.1) is 11.3 Å². The number of nitrogens with one attached hydrogen (secondary N) is 1. The molecule has 4 aliphatic heterocycles. The highest BCUT2D eigenvalue weighted by Crippen LogP contribution is 2.42. The van der Waals surface area contributed by atoms with Crippen LogP contribution in [-0.2, 0) is 0 Å². The molecule has 36 heavy (non-hydrogen) atoms. The van der Waals surface area contributed by atoms with Gasteiger partial charge < -0.3 is 21.1 Å². The highest BCUT2D eigenvalue weighted by atomic mass is 16.2. The first-order valence-electron chi connectivity index (χ1n) is 12.0. The van der Waals surface area contributed by atoms with Crippen molar-refractivity contribution >= 4 is 24.0 Å². The maximum Gasteiger partial charge on any atom is 0.273 e. The maximum atomic E-state index is 12.6. The second kappa shape index (κ2) is 14.5. The van der Waals surface area contributed by atoms with Crippen LogP contribution >= 0.6 is 0 Å². The molecule has 5 rings (SSSR count). The Bertz CT molecular complexity index is 1130. The van der Waals surface area contributed by atoms with Crippen LogP contribution in [0.25, 0.3) is 5.53 Å². The lowest BCUT2D eigenvalue weighted by Gasteiger charge is -2.50. The van der Waals surface area contributed by atoms with Crippen molar-refractivity contribution in [3.63, 3.8) is 0 Å². The number of nitrogens with two attached hydrogens (primary N) is 1. The van der Waals surface area contributed by atoms with E-state index in [0.717, 1.165) is 45.7 Å². The number of unbranched alkanes of at least 4 members (excludes halogenated alkanes) is 1. The standard InChI is InChI=1S/C20H29N5O.C7H4.CH2N2/c1-2-3-8-20-13-24-9-10-25(14-20)12-15(11-24)18(20)22-23-19(26)16-6-4-5-7-17(16)21;1-3-5-7-6-4-2;1-3-2/h4-7,15H,2-3,8-14,21H2,1H3,(H,23,26);1-2H2;1H2/b22-18-;;. The fourth-order valence-corrected chi connectivity index (χ4v) is 5.11. The number of amides is 1. The first-order chi connectivity index (χ1) is 17.4. The minimum Gasteiger partial charge on any atom is -0.398 e. The Kier molecular flexibility index (Phi) is 11.4. The predicted molar refractivity (Wildman–Crippen MR) is 144 cm³/mol. The number of carbonyl (C=O) groups is 1. The van der Waals surface area contributed by atoms with Crippen molar-refractivity contribution < 1.29 is 9.58 Å². The van der Waals surface area contributed by atoms with Crippen LogP contribution in [0, 0.1) is 11.3 Å². The second-order valence-electron chi connectivity index (χ2n) is 8.95. The van der Waals surface area contributed by atoms with Crippen LogP contribution in [0.4, 0.5) is 5.69 Å². The highest BCUT2D eigenvalue weighted by Gasteiger charge is 2.51. The van der Waals surface area contributed by atoms with Gasteiger partial charge in [-0.1, -0.05) is 43.4 Å². The SMILES string of the molecule is C=C=C=C=C=C=C.C=[N+]=[N-].CCCCC12CN3CCN(CC(C3)/C1=N/NC(=O)c1ccccc1N)C2. The molecule has 1 amide bonds. The molecule has 8 heteroatoms. The van der Waals surface area contributed by atoms with Gasteiger partial charge in [0.1, 0.15) is 0 Å². The van der Waals surface area contributed by atoms with E-state index in [1.54, 1.807) is 12.1 Å². The zero-order chi connectivity index (χ0) is 26.4. The summed E-state index contributed by atoms with van der Waals surface area (Å²) in [5, 5.41) is 4.72. The van der Waals surface area contributed by atoms with Gasteiger partial charge >= 0.3 is 0 Å². The Labute approximate surface area is 213 Å². The van der Waals surface area contributed by atoms with Gasteiger partial charge in [-0.05, 0) is 48.9 Å². The Balaban J connectivity index is 0.000000391. The number of hydrogen-bond acceptors (Lipinski definition) is 5. The number of nitrogen functional groups attached to an aromatic ring is 1. The molecule has 4 heterocycles. The topological polar surface area (TPSA) is 110 Å². The summed E-state index contributed by atoms with van der Waals surface area (Å²) < 4.78 is 0. The normalized spacial score (nSPS) is 25.5. The zero-order valence-electron chi connectivity index (χ0n) is 21.1. The molecule has 0 radical (unpaired) electrons. The molecule has 2 unspecified atom stereocenters. The van der Waals surface area contributed by atoms with Gasteiger partial charge in [0.25, 0.3) is 5.91 Å². The number of nitrogens with zero attached hydrogens (tertiary/aromatic N) is 5. The first kappa shape index (κ1) is 28.3. The molecule has 8 nitrogen and oxygen atoms in total. The summed E-state index contributed by atoms with van der Waals surface area (Å²) in [6, 6.07) is 7.16. The minimum absolute atomic E-state index is 0.0865. The van der Waals surface area contributed by atoms with Crippen LogP contribution in [0.3, 0.4) is 0 Å². The van der Waals surface area contributed by atoms with Gasteiger partial charge in [0, 0.05) is 56.3 Å². The van der Waals surface area contributed by atoms with E-state index in [1.165, 1.54) is 18.6 Å². The molecule has 4 bridgehead atoms. The van der Waals surface area contributed by atoms with Crippen molar-refractivity contribution in [2.75, 3.05) is 45.0 Å². The molecule has 188 valence electrons. The van der Waals surface area contributed by atoms with Crippen molar-refractivity contribution in [2.24, 2.45) is 16.4 Å². The number of hydrogen-bond donors (Lipinski definition) is 2. The molecule has 1 aromatic rings. The van der Waals surface area contributed by atoms with Crippen molar-refractivity contribution in [1.82, 2.24) is 15.2 Å². The average molecular weight is 486 g/mol. The van der Waals surface area contributed by atoms with Gasteiger partial charge in [-0.2, -0.15) is 9.89 Å².